The number of hydrogen-bond acceptors (Lipinski definition) is 9. The molecule has 2 heterocycles. The van der Waals surface area contributed by atoms with Gasteiger partial charge in [0.25, 0.3) is 5.69 Å². The van der Waals surface area contributed by atoms with Gasteiger partial charge in [-0.3, -0.25) is 15.1 Å². The number of benzene rings is 1. The first-order valence-electron chi connectivity index (χ1n) is 10.5. The third kappa shape index (κ3) is 5.46. The van der Waals surface area contributed by atoms with Gasteiger partial charge in [0.05, 0.1) is 54.6 Å². The summed E-state index contributed by atoms with van der Waals surface area (Å²) >= 11 is 0. The molecule has 178 valence electrons. The van der Waals surface area contributed by atoms with Crippen LogP contribution >= 0.6 is 0 Å². The molecular weight excluding hydrogens is 442 g/mol. The van der Waals surface area contributed by atoms with E-state index in [-0.39, 0.29) is 36.7 Å². The predicted molar refractivity (Wildman–Crippen MR) is 121 cm³/mol. The maximum Gasteiger partial charge on any atom is 0.336 e. The Hall–Kier alpha value is -4.05. The van der Waals surface area contributed by atoms with Crippen molar-refractivity contribution >= 4 is 17.6 Å². The van der Waals surface area contributed by atoms with Gasteiger partial charge in [-0.05, 0) is 37.1 Å². The van der Waals surface area contributed by atoms with Crippen LogP contribution in [0.4, 0.5) is 5.69 Å². The lowest BCUT2D eigenvalue weighted by molar-refractivity contribution is -0.384. The highest BCUT2D eigenvalue weighted by Crippen LogP contribution is 2.40. The van der Waals surface area contributed by atoms with Gasteiger partial charge in [-0.1, -0.05) is 12.1 Å². The van der Waals surface area contributed by atoms with E-state index in [1.165, 1.54) is 25.3 Å². The molecule has 1 N–H and O–H groups in total. The molecule has 1 atom stereocenters. The molecule has 10 nitrogen and oxygen atoms in total. The van der Waals surface area contributed by atoms with Crippen molar-refractivity contribution in [2.75, 3.05) is 20.3 Å². The third-order valence-electron chi connectivity index (χ3n) is 5.22. The molecule has 0 saturated heterocycles. The highest BCUT2D eigenvalue weighted by Gasteiger charge is 2.39. The summed E-state index contributed by atoms with van der Waals surface area (Å²) in [5.41, 5.74) is 2.23. The molecule has 1 aliphatic heterocycles. The summed E-state index contributed by atoms with van der Waals surface area (Å²) in [6, 6.07) is 9.41. The normalized spacial score (nSPS) is 15.6. The predicted octanol–water partition coefficient (Wildman–Crippen LogP) is 3.16. The van der Waals surface area contributed by atoms with Crippen molar-refractivity contribution in [1.29, 1.82) is 0 Å². The molecule has 0 aliphatic carbocycles. The number of esters is 2. The Morgan fingerprint density at radius 3 is 2.50 bits per heavy atom. The number of dihydropyridines is 1. The quantitative estimate of drug-likeness (QED) is 0.336. The maximum atomic E-state index is 13.1. The highest BCUT2D eigenvalue weighted by molar-refractivity contribution is 6.00. The van der Waals surface area contributed by atoms with Crippen LogP contribution in [0.2, 0.25) is 0 Å². The second kappa shape index (κ2) is 11.2. The van der Waals surface area contributed by atoms with Crippen molar-refractivity contribution < 1.29 is 28.7 Å². The zero-order chi connectivity index (χ0) is 24.7. The van der Waals surface area contributed by atoms with E-state index in [1.54, 1.807) is 44.4 Å². The lowest BCUT2D eigenvalue weighted by Gasteiger charge is -2.31. The summed E-state index contributed by atoms with van der Waals surface area (Å²) in [6.07, 6.45) is 3.30. The van der Waals surface area contributed by atoms with Crippen molar-refractivity contribution in [3.63, 3.8) is 0 Å². The Morgan fingerprint density at radius 2 is 1.85 bits per heavy atom. The number of non-ortho nitro benzene ring substituents is 1. The first-order chi connectivity index (χ1) is 16.4. The number of nitrogens with one attached hydrogen (secondary N) is 1. The molecule has 1 aliphatic rings. The fraction of sp³-hybridized carbons (Fsp3) is 0.292. The summed E-state index contributed by atoms with van der Waals surface area (Å²) in [7, 11) is 1.23. The Bertz CT molecular complexity index is 1140. The van der Waals surface area contributed by atoms with Gasteiger partial charge in [-0.15, -0.1) is 0 Å². The number of hydrogen-bond donors (Lipinski definition) is 1. The number of carbonyl (C=O) groups is 2. The highest BCUT2D eigenvalue weighted by atomic mass is 16.6. The molecule has 10 heteroatoms. The van der Waals surface area contributed by atoms with Crippen LogP contribution in [0, 0.1) is 10.1 Å². The molecule has 0 saturated carbocycles. The number of rotatable bonds is 9. The summed E-state index contributed by atoms with van der Waals surface area (Å²) in [5, 5.41) is 14.5. The van der Waals surface area contributed by atoms with E-state index in [2.05, 4.69) is 10.3 Å². The number of allylic oxidation sites excluding steroid dienone is 1. The van der Waals surface area contributed by atoms with Gasteiger partial charge in [-0.25, -0.2) is 9.59 Å². The van der Waals surface area contributed by atoms with Crippen molar-refractivity contribution in [3.8, 4) is 0 Å². The van der Waals surface area contributed by atoms with Crippen molar-refractivity contribution in [3.05, 3.63) is 92.6 Å². The van der Waals surface area contributed by atoms with Crippen molar-refractivity contribution in [1.82, 2.24) is 10.3 Å². The van der Waals surface area contributed by atoms with E-state index in [0.717, 1.165) is 5.56 Å². The molecule has 0 bridgehead atoms. The fourth-order valence-corrected chi connectivity index (χ4v) is 3.74. The summed E-state index contributed by atoms with van der Waals surface area (Å²) in [6.45, 7) is 3.71. The second-order valence-corrected chi connectivity index (χ2v) is 7.40. The number of carbonyl (C=O) groups excluding carboxylic acids is 2. The minimum Gasteiger partial charge on any atom is -0.466 e. The molecular formula is C24H25N3O7. The third-order valence-corrected chi connectivity index (χ3v) is 5.22. The molecule has 1 aromatic heterocycles. The minimum atomic E-state index is -0.952. The van der Waals surface area contributed by atoms with Gasteiger partial charge in [-0.2, -0.15) is 0 Å². The smallest absolute Gasteiger partial charge is 0.336 e. The molecule has 3 rings (SSSR count). The van der Waals surface area contributed by atoms with Gasteiger partial charge < -0.3 is 19.5 Å². The number of pyridine rings is 1. The molecule has 1 unspecified atom stereocenters. The van der Waals surface area contributed by atoms with Gasteiger partial charge in [0.15, 0.2) is 0 Å². The van der Waals surface area contributed by atoms with E-state index in [0.29, 0.717) is 17.0 Å². The Morgan fingerprint density at radius 1 is 1.12 bits per heavy atom. The molecule has 0 spiro atoms. The summed E-state index contributed by atoms with van der Waals surface area (Å²) in [4.78, 5) is 40.7. The van der Waals surface area contributed by atoms with Crippen LogP contribution in [0.25, 0.3) is 0 Å². The summed E-state index contributed by atoms with van der Waals surface area (Å²) < 4.78 is 16.1. The lowest BCUT2D eigenvalue weighted by atomic mass is 9.80. The topological polar surface area (TPSA) is 130 Å². The molecule has 0 fully saturated rings. The molecule has 34 heavy (non-hydrogen) atoms. The second-order valence-electron chi connectivity index (χ2n) is 7.40. The van der Waals surface area contributed by atoms with Crippen LogP contribution in [0.1, 0.15) is 30.9 Å². The van der Waals surface area contributed by atoms with E-state index in [4.69, 9.17) is 14.2 Å². The molecule has 0 radical (unpaired) electrons. The van der Waals surface area contributed by atoms with E-state index in [1.807, 2.05) is 0 Å². The van der Waals surface area contributed by atoms with Crippen molar-refractivity contribution in [2.45, 2.75) is 26.4 Å². The molecule has 0 amide bonds. The SMILES string of the molecule is CCOC(=O)C1=C(COCc2ccncc2)NC(C)=C(C(=O)OC)C1c1cccc([N+](=O)[O-])c1. The van der Waals surface area contributed by atoms with Crippen molar-refractivity contribution in [2.24, 2.45) is 0 Å². The van der Waals surface area contributed by atoms with Crippen LogP contribution in [0.15, 0.2) is 71.3 Å². The van der Waals surface area contributed by atoms with Gasteiger partial charge >= 0.3 is 11.9 Å². The average molecular weight is 467 g/mol. The van der Waals surface area contributed by atoms with Gasteiger partial charge in [0, 0.05) is 30.2 Å². The standard InChI is InChI=1S/C24H25N3O7/c1-4-34-24(29)22-19(14-33-13-16-8-10-25-11-9-16)26-15(2)20(23(28)32-3)21(22)17-6-5-7-18(12-17)27(30)31/h5-12,21,26H,4,13-14H2,1-3H3. The molecule has 1 aromatic carbocycles. The van der Waals surface area contributed by atoms with Crippen LogP contribution in [-0.2, 0) is 30.4 Å². The monoisotopic (exact) mass is 467 g/mol. The van der Waals surface area contributed by atoms with Crippen LogP contribution in [-0.4, -0.2) is 42.2 Å². The minimum absolute atomic E-state index is 0.00763. The number of nitro groups is 1. The first-order valence-corrected chi connectivity index (χ1v) is 10.5. The van der Waals surface area contributed by atoms with Crippen LogP contribution in [0.5, 0.6) is 0 Å². The van der Waals surface area contributed by atoms with E-state index < -0.39 is 22.8 Å². The Labute approximate surface area is 196 Å². The number of nitro benzene ring substituents is 1. The van der Waals surface area contributed by atoms with Crippen LogP contribution in [0.3, 0.4) is 0 Å². The fourth-order valence-electron chi connectivity index (χ4n) is 3.74. The first kappa shape index (κ1) is 24.6. The number of nitrogens with zero attached hydrogens (tertiary/aromatic N) is 2. The van der Waals surface area contributed by atoms with Gasteiger partial charge in [0.1, 0.15) is 0 Å². The zero-order valence-electron chi connectivity index (χ0n) is 19.1. The zero-order valence-corrected chi connectivity index (χ0v) is 19.1. The molecule has 2 aromatic rings. The lowest BCUT2D eigenvalue weighted by Crippen LogP contribution is -2.34. The van der Waals surface area contributed by atoms with Gasteiger partial charge in [0.2, 0.25) is 0 Å². The van der Waals surface area contributed by atoms with E-state index >= 15 is 0 Å². The van der Waals surface area contributed by atoms with E-state index in [9.17, 15) is 19.7 Å². The summed E-state index contributed by atoms with van der Waals surface area (Å²) in [5.74, 6) is -2.28. The maximum absolute atomic E-state index is 13.1. The average Bonchev–Trinajstić information content (AvgIpc) is 2.84. The largest absolute Gasteiger partial charge is 0.466 e. The number of methoxy groups -OCH3 is 1. The Balaban J connectivity index is 2.09. The number of aromatic nitrogens is 1. The van der Waals surface area contributed by atoms with Crippen LogP contribution < -0.4 is 5.32 Å². The number of ether oxygens (including phenoxy) is 3. The Kier molecular flexibility index (Phi) is 8.10.